The molecule has 0 spiro atoms. The third-order valence-electron chi connectivity index (χ3n) is 2.79. The molecule has 1 unspecified atom stereocenters. The number of benzene rings is 1. The van der Waals surface area contributed by atoms with Crippen LogP contribution in [0.25, 0.3) is 0 Å². The predicted octanol–water partition coefficient (Wildman–Crippen LogP) is 0.237. The third kappa shape index (κ3) is 7.78. The molecule has 0 fully saturated rings. The van der Waals surface area contributed by atoms with Crippen molar-refractivity contribution in [1.29, 1.82) is 0 Å². The Balaban J connectivity index is 2.21. The number of hydrogen-bond donors (Lipinski definition) is 4. The lowest BCUT2D eigenvalue weighted by atomic mass is 10.1. The summed E-state index contributed by atoms with van der Waals surface area (Å²) in [4.78, 5) is 22.1. The molecule has 2 atom stereocenters. The monoisotopic (exact) mass is 292 g/mol. The van der Waals surface area contributed by atoms with Gasteiger partial charge in [0.2, 0.25) is 0 Å². The molecule has 0 saturated heterocycles. The number of nitrogens with two attached hydrogens (primary N) is 1. The summed E-state index contributed by atoms with van der Waals surface area (Å²) in [5, 5.41) is 7.70. The van der Waals surface area contributed by atoms with E-state index in [0.717, 1.165) is 5.56 Å². The lowest BCUT2D eigenvalue weighted by Gasteiger charge is -2.16. The van der Waals surface area contributed by atoms with Gasteiger partial charge in [-0.1, -0.05) is 30.3 Å². The maximum absolute atomic E-state index is 11.6. The minimum Gasteiger partial charge on any atom is -0.352 e. The topological polar surface area (TPSA) is 120 Å². The molecule has 0 saturated carbocycles. The number of rotatable bonds is 7. The van der Waals surface area contributed by atoms with Crippen molar-refractivity contribution < 1.29 is 9.59 Å². The fraction of sp³-hybridized carbons (Fsp3) is 0.429. The molecule has 1 radical (unpaired) electrons. The third-order valence-corrected chi connectivity index (χ3v) is 2.79. The zero-order valence-electron chi connectivity index (χ0n) is 12.1. The van der Waals surface area contributed by atoms with E-state index in [1.165, 1.54) is 0 Å². The number of urea groups is 2. The van der Waals surface area contributed by atoms with E-state index in [9.17, 15) is 9.59 Å². The molecule has 0 heterocycles. The Morgan fingerprint density at radius 1 is 1.19 bits per heavy atom. The first-order valence-corrected chi connectivity index (χ1v) is 6.80. The Labute approximate surface area is 124 Å². The average molecular weight is 292 g/mol. The van der Waals surface area contributed by atoms with E-state index in [0.29, 0.717) is 6.42 Å². The molecule has 21 heavy (non-hydrogen) atoms. The summed E-state index contributed by atoms with van der Waals surface area (Å²) in [6, 6.07) is 8.06. The van der Waals surface area contributed by atoms with Crippen LogP contribution in [0.2, 0.25) is 0 Å². The molecule has 1 aromatic carbocycles. The molecule has 1 rings (SSSR count). The van der Waals surface area contributed by atoms with Crippen LogP contribution >= 0.6 is 0 Å². The van der Waals surface area contributed by atoms with Gasteiger partial charge >= 0.3 is 12.1 Å². The van der Waals surface area contributed by atoms with Crippen molar-refractivity contribution in [2.45, 2.75) is 25.4 Å². The van der Waals surface area contributed by atoms with E-state index < -0.39 is 12.1 Å². The first kappa shape index (κ1) is 16.8. The Kier molecular flexibility index (Phi) is 7.03. The summed E-state index contributed by atoms with van der Waals surface area (Å²) >= 11 is 0. The fourth-order valence-electron chi connectivity index (χ4n) is 1.77. The molecule has 7 heteroatoms. The molecular weight excluding hydrogens is 270 g/mol. The summed E-state index contributed by atoms with van der Waals surface area (Å²) in [7, 11) is 0. The highest BCUT2D eigenvalue weighted by atomic mass is 16.2. The van der Waals surface area contributed by atoms with E-state index in [1.807, 2.05) is 30.3 Å². The molecule has 6 N–H and O–H groups in total. The minimum atomic E-state index is -0.627. The maximum Gasteiger partial charge on any atom is 0.315 e. The van der Waals surface area contributed by atoms with Gasteiger partial charge in [0.1, 0.15) is 0 Å². The van der Waals surface area contributed by atoms with Crippen LogP contribution in [-0.4, -0.2) is 37.2 Å². The van der Waals surface area contributed by atoms with Crippen LogP contribution in [0.3, 0.4) is 0 Å². The number of amides is 4. The lowest BCUT2D eigenvalue weighted by Crippen LogP contribution is -2.48. The number of carbonyl (C=O) groups excluding carboxylic acids is 2. The molecule has 4 amide bonds. The molecular formula is C14H22N5O2. The highest BCUT2D eigenvalue weighted by molar-refractivity contribution is 5.74. The standard InChI is InChI=1S/C14H22N5O2/c1-10(8-17-13(16)20)19-14(21)18-9-12(15)7-11-5-3-2-4-6-11/h2-6,10,12,15H,7-9H2,1H3,(H3,16,17,20)(H2,18,19,21)/t10-,12?/m0/s1. The Morgan fingerprint density at radius 2 is 1.86 bits per heavy atom. The van der Waals surface area contributed by atoms with Gasteiger partial charge in [0.05, 0.1) is 0 Å². The van der Waals surface area contributed by atoms with Crippen molar-refractivity contribution in [3.63, 3.8) is 0 Å². The highest BCUT2D eigenvalue weighted by Crippen LogP contribution is 2.01. The summed E-state index contributed by atoms with van der Waals surface area (Å²) in [5.41, 5.74) is 13.9. The molecule has 0 aliphatic heterocycles. The van der Waals surface area contributed by atoms with E-state index in [2.05, 4.69) is 16.0 Å². The Hall–Kier alpha value is -2.28. The van der Waals surface area contributed by atoms with Gasteiger partial charge in [0, 0.05) is 25.2 Å². The maximum atomic E-state index is 11.6. The molecule has 0 bridgehead atoms. The zero-order chi connectivity index (χ0) is 15.7. The molecule has 0 aromatic heterocycles. The van der Waals surface area contributed by atoms with Gasteiger partial charge in [-0.25, -0.2) is 9.59 Å². The van der Waals surface area contributed by atoms with Crippen molar-refractivity contribution in [2.75, 3.05) is 13.1 Å². The quantitative estimate of drug-likeness (QED) is 0.575. The summed E-state index contributed by atoms with van der Waals surface area (Å²) in [5.74, 6) is 0. The zero-order valence-corrected chi connectivity index (χ0v) is 12.1. The van der Waals surface area contributed by atoms with E-state index in [-0.39, 0.29) is 25.2 Å². The SMILES string of the molecule is C[C@@H](CNC(N)=O)NC(=O)NCC([NH])Cc1ccccc1. The summed E-state index contributed by atoms with van der Waals surface area (Å²) in [6.07, 6.45) is 0.583. The number of carbonyl (C=O) groups is 2. The second kappa shape index (κ2) is 8.80. The molecule has 0 aliphatic carbocycles. The number of nitrogens with one attached hydrogen (secondary N) is 4. The van der Waals surface area contributed by atoms with Crippen LogP contribution in [0.15, 0.2) is 30.3 Å². The molecule has 0 aliphatic rings. The van der Waals surface area contributed by atoms with E-state index in [4.69, 9.17) is 11.5 Å². The van der Waals surface area contributed by atoms with E-state index in [1.54, 1.807) is 6.92 Å². The van der Waals surface area contributed by atoms with Crippen molar-refractivity contribution >= 4 is 12.1 Å². The van der Waals surface area contributed by atoms with Crippen molar-refractivity contribution in [1.82, 2.24) is 21.7 Å². The van der Waals surface area contributed by atoms with Crippen molar-refractivity contribution in [2.24, 2.45) is 5.73 Å². The van der Waals surface area contributed by atoms with E-state index >= 15 is 0 Å². The Morgan fingerprint density at radius 3 is 2.48 bits per heavy atom. The van der Waals surface area contributed by atoms with Crippen molar-refractivity contribution in [3.8, 4) is 0 Å². The molecule has 7 nitrogen and oxygen atoms in total. The largest absolute Gasteiger partial charge is 0.352 e. The minimum absolute atomic E-state index is 0.240. The fourth-order valence-corrected chi connectivity index (χ4v) is 1.77. The summed E-state index contributed by atoms with van der Waals surface area (Å²) < 4.78 is 0. The smallest absolute Gasteiger partial charge is 0.315 e. The average Bonchev–Trinajstić information content (AvgIpc) is 2.44. The van der Waals surface area contributed by atoms with Gasteiger partial charge < -0.3 is 21.7 Å². The van der Waals surface area contributed by atoms with Crippen LogP contribution in [0.5, 0.6) is 0 Å². The lowest BCUT2D eigenvalue weighted by molar-refractivity contribution is 0.234. The van der Waals surface area contributed by atoms with Gasteiger partial charge in [0.15, 0.2) is 0 Å². The predicted molar refractivity (Wildman–Crippen MR) is 80.6 cm³/mol. The molecule has 115 valence electrons. The van der Waals surface area contributed by atoms with Crippen LogP contribution in [0.4, 0.5) is 9.59 Å². The normalized spacial score (nSPS) is 13.0. The van der Waals surface area contributed by atoms with Crippen LogP contribution in [0.1, 0.15) is 12.5 Å². The van der Waals surface area contributed by atoms with Gasteiger partial charge in [-0.3, -0.25) is 5.73 Å². The molecule has 1 aromatic rings. The summed E-state index contributed by atoms with van der Waals surface area (Å²) in [6.45, 7) is 2.27. The van der Waals surface area contributed by atoms with Crippen LogP contribution in [0, 0.1) is 0 Å². The van der Waals surface area contributed by atoms with Gasteiger partial charge in [-0.2, -0.15) is 0 Å². The number of hydrogen-bond acceptors (Lipinski definition) is 2. The second-order valence-corrected chi connectivity index (χ2v) is 4.89. The van der Waals surface area contributed by atoms with Crippen LogP contribution in [-0.2, 0) is 6.42 Å². The first-order valence-electron chi connectivity index (χ1n) is 6.80. The van der Waals surface area contributed by atoms with Crippen LogP contribution < -0.4 is 27.4 Å². The second-order valence-electron chi connectivity index (χ2n) is 4.89. The number of primary amides is 1. The van der Waals surface area contributed by atoms with Crippen molar-refractivity contribution in [3.05, 3.63) is 35.9 Å². The van der Waals surface area contributed by atoms with Gasteiger partial charge in [0.25, 0.3) is 0 Å². The first-order chi connectivity index (χ1) is 9.97. The Bertz CT molecular complexity index is 452. The van der Waals surface area contributed by atoms with Gasteiger partial charge in [-0.15, -0.1) is 0 Å². The highest BCUT2D eigenvalue weighted by Gasteiger charge is 2.10. The van der Waals surface area contributed by atoms with Gasteiger partial charge in [-0.05, 0) is 18.9 Å².